The first-order valence-electron chi connectivity index (χ1n) is 6.81. The molecule has 1 aliphatic rings. The molecule has 0 aliphatic heterocycles. The van der Waals surface area contributed by atoms with Gasteiger partial charge in [-0.05, 0) is 25.7 Å². The van der Waals surface area contributed by atoms with Gasteiger partial charge in [0.15, 0.2) is 0 Å². The minimum absolute atomic E-state index is 0.0726. The van der Waals surface area contributed by atoms with Gasteiger partial charge in [-0.25, -0.2) is 0 Å². The topological polar surface area (TPSA) is 86.7 Å². The predicted molar refractivity (Wildman–Crippen MR) is 69.5 cm³/mol. The van der Waals surface area contributed by atoms with Gasteiger partial charge >= 0.3 is 5.97 Å². The molecule has 0 saturated heterocycles. The molecule has 0 aromatic heterocycles. The van der Waals surface area contributed by atoms with Crippen LogP contribution in [0.5, 0.6) is 0 Å². The molecule has 0 radical (unpaired) electrons. The van der Waals surface area contributed by atoms with E-state index in [-0.39, 0.29) is 30.7 Å². The van der Waals surface area contributed by atoms with Crippen LogP contribution in [0.4, 0.5) is 0 Å². The number of nitrogens with one attached hydrogen (secondary N) is 1. The van der Waals surface area contributed by atoms with Gasteiger partial charge in [-0.1, -0.05) is 6.92 Å². The van der Waals surface area contributed by atoms with Crippen molar-refractivity contribution in [2.75, 3.05) is 19.6 Å². The minimum atomic E-state index is -0.996. The molecule has 2 amide bonds. The van der Waals surface area contributed by atoms with E-state index in [2.05, 4.69) is 5.32 Å². The van der Waals surface area contributed by atoms with Gasteiger partial charge in [0, 0.05) is 25.4 Å². The maximum Gasteiger partial charge on any atom is 0.323 e. The van der Waals surface area contributed by atoms with Gasteiger partial charge < -0.3 is 15.3 Å². The molecule has 0 atom stereocenters. The number of amides is 2. The molecule has 1 fully saturated rings. The summed E-state index contributed by atoms with van der Waals surface area (Å²) < 4.78 is 0. The highest BCUT2D eigenvalue weighted by Gasteiger charge is 2.29. The zero-order valence-corrected chi connectivity index (χ0v) is 11.4. The van der Waals surface area contributed by atoms with Crippen molar-refractivity contribution < 1.29 is 19.5 Å². The van der Waals surface area contributed by atoms with Gasteiger partial charge in [0.05, 0.1) is 0 Å². The molecule has 6 heteroatoms. The zero-order valence-electron chi connectivity index (χ0n) is 11.4. The van der Waals surface area contributed by atoms with E-state index < -0.39 is 5.97 Å². The normalized spacial score (nSPS) is 13.9. The maximum atomic E-state index is 11.8. The molecule has 0 aromatic rings. The van der Waals surface area contributed by atoms with Crippen molar-refractivity contribution in [3.8, 4) is 0 Å². The second-order valence-electron chi connectivity index (χ2n) is 4.88. The second kappa shape index (κ2) is 7.76. The molecule has 6 nitrogen and oxygen atoms in total. The number of aliphatic carboxylic acids is 1. The molecular formula is C13H22N2O4. The number of carboxylic acids is 1. The summed E-state index contributed by atoms with van der Waals surface area (Å²) in [6, 6.07) is 0. The van der Waals surface area contributed by atoms with Crippen molar-refractivity contribution in [2.24, 2.45) is 5.92 Å². The summed E-state index contributed by atoms with van der Waals surface area (Å²) in [5, 5.41) is 11.5. The first kappa shape index (κ1) is 15.5. The van der Waals surface area contributed by atoms with Gasteiger partial charge in [-0.15, -0.1) is 0 Å². The molecular weight excluding hydrogens is 248 g/mol. The highest BCUT2D eigenvalue weighted by molar-refractivity contribution is 5.82. The quantitative estimate of drug-likeness (QED) is 0.601. The Balaban J connectivity index is 2.19. The highest BCUT2D eigenvalue weighted by Crippen LogP contribution is 2.28. The zero-order chi connectivity index (χ0) is 14.3. The number of rotatable bonds is 9. The van der Waals surface area contributed by atoms with Crippen LogP contribution in [0.25, 0.3) is 0 Å². The number of carbonyl (C=O) groups is 3. The van der Waals surface area contributed by atoms with Crippen LogP contribution in [-0.2, 0) is 14.4 Å². The molecule has 1 aliphatic carbocycles. The van der Waals surface area contributed by atoms with E-state index in [4.69, 9.17) is 5.11 Å². The van der Waals surface area contributed by atoms with Crippen molar-refractivity contribution in [3.05, 3.63) is 0 Å². The molecule has 1 saturated carbocycles. The third-order valence-corrected chi connectivity index (χ3v) is 2.99. The van der Waals surface area contributed by atoms with Crippen LogP contribution in [0, 0.1) is 5.92 Å². The fourth-order valence-electron chi connectivity index (χ4n) is 1.82. The van der Waals surface area contributed by atoms with E-state index in [1.165, 1.54) is 4.90 Å². The Hall–Kier alpha value is -1.59. The number of carboxylic acid groups (broad SMARTS) is 1. The van der Waals surface area contributed by atoms with Crippen molar-refractivity contribution in [1.29, 1.82) is 0 Å². The summed E-state index contributed by atoms with van der Waals surface area (Å²) in [7, 11) is 0. The Morgan fingerprint density at radius 3 is 2.53 bits per heavy atom. The van der Waals surface area contributed by atoms with E-state index in [0.29, 0.717) is 19.5 Å². The summed E-state index contributed by atoms with van der Waals surface area (Å²) in [4.78, 5) is 35.1. The van der Waals surface area contributed by atoms with Crippen molar-refractivity contribution in [2.45, 2.75) is 39.0 Å². The van der Waals surface area contributed by atoms with Crippen LogP contribution in [0.2, 0.25) is 0 Å². The molecule has 0 heterocycles. The Morgan fingerprint density at radius 1 is 1.32 bits per heavy atom. The third kappa shape index (κ3) is 6.22. The lowest BCUT2D eigenvalue weighted by atomic mass is 10.2. The number of hydrogen-bond donors (Lipinski definition) is 2. The lowest BCUT2D eigenvalue weighted by Crippen LogP contribution is -2.36. The van der Waals surface area contributed by atoms with E-state index in [1.807, 2.05) is 6.92 Å². The first-order chi connectivity index (χ1) is 9.04. The molecule has 2 N–H and O–H groups in total. The summed E-state index contributed by atoms with van der Waals surface area (Å²) in [6.45, 7) is 2.59. The van der Waals surface area contributed by atoms with Crippen LogP contribution in [-0.4, -0.2) is 47.4 Å². The van der Waals surface area contributed by atoms with Crippen molar-refractivity contribution in [1.82, 2.24) is 10.2 Å². The number of carbonyl (C=O) groups excluding carboxylic acids is 2. The van der Waals surface area contributed by atoms with E-state index >= 15 is 0 Å². The summed E-state index contributed by atoms with van der Waals surface area (Å²) in [6.07, 6.45) is 3.49. The molecule has 19 heavy (non-hydrogen) atoms. The Labute approximate surface area is 113 Å². The van der Waals surface area contributed by atoms with Gasteiger partial charge in [-0.2, -0.15) is 0 Å². The molecule has 108 valence electrons. The van der Waals surface area contributed by atoms with Gasteiger partial charge in [0.25, 0.3) is 0 Å². The maximum absolute atomic E-state index is 11.8. The predicted octanol–water partition coefficient (Wildman–Crippen LogP) is 0.616. The van der Waals surface area contributed by atoms with E-state index in [1.54, 1.807) is 0 Å². The average Bonchev–Trinajstić information content (AvgIpc) is 3.17. The third-order valence-electron chi connectivity index (χ3n) is 2.99. The Kier molecular flexibility index (Phi) is 6.32. The SMILES string of the molecule is CCCN(CC(=O)O)C(=O)CCCNC(=O)C1CC1. The van der Waals surface area contributed by atoms with Crippen LogP contribution in [0.1, 0.15) is 39.0 Å². The minimum Gasteiger partial charge on any atom is -0.480 e. The van der Waals surface area contributed by atoms with Gasteiger partial charge in [0.2, 0.25) is 11.8 Å². The number of nitrogens with zero attached hydrogens (tertiary/aromatic N) is 1. The monoisotopic (exact) mass is 270 g/mol. The van der Waals surface area contributed by atoms with Crippen molar-refractivity contribution >= 4 is 17.8 Å². The van der Waals surface area contributed by atoms with Crippen LogP contribution in [0.3, 0.4) is 0 Å². The molecule has 0 spiro atoms. The van der Waals surface area contributed by atoms with Crippen LogP contribution < -0.4 is 5.32 Å². The summed E-state index contributed by atoms with van der Waals surface area (Å²) in [5.74, 6) is -0.906. The molecule has 0 aromatic carbocycles. The van der Waals surface area contributed by atoms with E-state index in [0.717, 1.165) is 19.3 Å². The summed E-state index contributed by atoms with van der Waals surface area (Å²) in [5.41, 5.74) is 0. The lowest BCUT2D eigenvalue weighted by molar-refractivity contribution is -0.144. The first-order valence-corrected chi connectivity index (χ1v) is 6.81. The standard InChI is InChI=1S/C13H22N2O4/c1-2-8-15(9-12(17)18)11(16)4-3-7-14-13(19)10-5-6-10/h10H,2-9H2,1H3,(H,14,19)(H,17,18). The Bertz CT molecular complexity index is 340. The number of hydrogen-bond acceptors (Lipinski definition) is 3. The summed E-state index contributed by atoms with van der Waals surface area (Å²) >= 11 is 0. The second-order valence-corrected chi connectivity index (χ2v) is 4.88. The van der Waals surface area contributed by atoms with Crippen LogP contribution in [0.15, 0.2) is 0 Å². The van der Waals surface area contributed by atoms with Crippen LogP contribution >= 0.6 is 0 Å². The van der Waals surface area contributed by atoms with Gasteiger partial charge in [0.1, 0.15) is 6.54 Å². The Morgan fingerprint density at radius 2 is 2.00 bits per heavy atom. The van der Waals surface area contributed by atoms with Gasteiger partial charge in [-0.3, -0.25) is 14.4 Å². The smallest absolute Gasteiger partial charge is 0.323 e. The average molecular weight is 270 g/mol. The largest absolute Gasteiger partial charge is 0.480 e. The highest BCUT2D eigenvalue weighted by atomic mass is 16.4. The fraction of sp³-hybridized carbons (Fsp3) is 0.769. The fourth-order valence-corrected chi connectivity index (χ4v) is 1.82. The molecule has 0 unspecified atom stereocenters. The van der Waals surface area contributed by atoms with E-state index in [9.17, 15) is 14.4 Å². The lowest BCUT2D eigenvalue weighted by Gasteiger charge is -2.19. The molecule has 1 rings (SSSR count). The molecule has 0 bridgehead atoms. The van der Waals surface area contributed by atoms with Crippen molar-refractivity contribution in [3.63, 3.8) is 0 Å².